The number of carboxylic acid groups (broad SMARTS) is 1. The number of hydrogen-bond acceptors (Lipinski definition) is 4. The summed E-state index contributed by atoms with van der Waals surface area (Å²) in [6.45, 7) is 3.19. The summed E-state index contributed by atoms with van der Waals surface area (Å²) in [5.74, 6) is -2.61. The first-order valence-corrected chi connectivity index (χ1v) is 5.18. The van der Waals surface area contributed by atoms with E-state index >= 15 is 0 Å². The second-order valence-electron chi connectivity index (χ2n) is 3.53. The molecule has 1 rings (SSSR count). The van der Waals surface area contributed by atoms with E-state index in [4.69, 9.17) is 5.11 Å². The van der Waals surface area contributed by atoms with E-state index in [-0.39, 0.29) is 11.1 Å². The molecule has 5 heteroatoms. The average Bonchev–Trinajstić information content (AvgIpc) is 2.37. The van der Waals surface area contributed by atoms with Crippen LogP contribution in [-0.4, -0.2) is 23.0 Å². The first kappa shape index (κ1) is 13.6. The monoisotopic (exact) mass is 248 g/mol. The van der Waals surface area contributed by atoms with E-state index in [0.717, 1.165) is 0 Å². The number of ether oxygens (including phenoxy) is 1. The summed E-state index contributed by atoms with van der Waals surface area (Å²) in [4.78, 5) is 33.5. The minimum Gasteiger partial charge on any atom is -0.478 e. The van der Waals surface area contributed by atoms with Gasteiger partial charge in [-0.15, -0.1) is 0 Å². The molecule has 0 radical (unpaired) electrons. The van der Waals surface area contributed by atoms with Gasteiger partial charge in [0.05, 0.1) is 11.1 Å². The standard InChI is InChI=1S/C13H12O5/c1-3-8(2)12(16)18-13(17)10-6-4-9(5-7-10)11(14)15/h3-7H,1-2H3,(H,14,15). The van der Waals surface area contributed by atoms with Crippen molar-refractivity contribution in [2.75, 3.05) is 0 Å². The molecular weight excluding hydrogens is 236 g/mol. The highest BCUT2D eigenvalue weighted by Crippen LogP contribution is 2.07. The van der Waals surface area contributed by atoms with Gasteiger partial charge in [0.1, 0.15) is 0 Å². The van der Waals surface area contributed by atoms with Gasteiger partial charge in [-0.2, -0.15) is 0 Å². The van der Waals surface area contributed by atoms with Gasteiger partial charge < -0.3 is 9.84 Å². The molecule has 1 aromatic rings. The summed E-state index contributed by atoms with van der Waals surface area (Å²) in [5.41, 5.74) is 0.505. The number of allylic oxidation sites excluding steroid dienone is 1. The van der Waals surface area contributed by atoms with Crippen molar-refractivity contribution in [3.8, 4) is 0 Å². The van der Waals surface area contributed by atoms with Gasteiger partial charge in [0.2, 0.25) is 0 Å². The lowest BCUT2D eigenvalue weighted by Crippen LogP contribution is -2.13. The number of carboxylic acids is 1. The average molecular weight is 248 g/mol. The molecule has 0 aliphatic heterocycles. The molecule has 0 aliphatic carbocycles. The molecule has 18 heavy (non-hydrogen) atoms. The van der Waals surface area contributed by atoms with Crippen molar-refractivity contribution in [1.82, 2.24) is 0 Å². The minimum absolute atomic E-state index is 0.0579. The highest BCUT2D eigenvalue weighted by molar-refractivity contribution is 6.02. The van der Waals surface area contributed by atoms with E-state index in [9.17, 15) is 14.4 Å². The summed E-state index contributed by atoms with van der Waals surface area (Å²) in [6, 6.07) is 5.13. The van der Waals surface area contributed by atoms with Gasteiger partial charge in [0.15, 0.2) is 0 Å². The second kappa shape index (κ2) is 5.77. The maximum atomic E-state index is 11.5. The summed E-state index contributed by atoms with van der Waals surface area (Å²) < 4.78 is 4.60. The normalized spacial score (nSPS) is 10.9. The van der Waals surface area contributed by atoms with Crippen LogP contribution >= 0.6 is 0 Å². The van der Waals surface area contributed by atoms with Crippen molar-refractivity contribution in [2.24, 2.45) is 0 Å². The van der Waals surface area contributed by atoms with E-state index in [1.165, 1.54) is 37.3 Å². The quantitative estimate of drug-likeness (QED) is 0.503. The van der Waals surface area contributed by atoms with Crippen LogP contribution in [0.15, 0.2) is 35.9 Å². The van der Waals surface area contributed by atoms with Crippen LogP contribution in [0.3, 0.4) is 0 Å². The van der Waals surface area contributed by atoms with Crippen LogP contribution in [0.25, 0.3) is 0 Å². The molecule has 0 saturated carbocycles. The number of esters is 2. The number of rotatable bonds is 3. The van der Waals surface area contributed by atoms with Crippen LogP contribution in [0, 0.1) is 0 Å². The van der Waals surface area contributed by atoms with Gasteiger partial charge in [-0.25, -0.2) is 14.4 Å². The maximum absolute atomic E-state index is 11.5. The molecule has 94 valence electrons. The molecule has 1 aromatic carbocycles. The van der Waals surface area contributed by atoms with Crippen molar-refractivity contribution in [3.05, 3.63) is 47.0 Å². The van der Waals surface area contributed by atoms with Crippen LogP contribution in [0.5, 0.6) is 0 Å². The van der Waals surface area contributed by atoms with Gasteiger partial charge in [-0.05, 0) is 38.1 Å². The zero-order chi connectivity index (χ0) is 13.7. The Labute approximate surface area is 104 Å². The molecular formula is C13H12O5. The Balaban J connectivity index is 2.79. The van der Waals surface area contributed by atoms with Crippen molar-refractivity contribution in [1.29, 1.82) is 0 Å². The zero-order valence-electron chi connectivity index (χ0n) is 9.97. The third-order valence-electron chi connectivity index (χ3n) is 2.31. The van der Waals surface area contributed by atoms with Crippen LogP contribution in [0.4, 0.5) is 0 Å². The lowest BCUT2D eigenvalue weighted by atomic mass is 10.1. The van der Waals surface area contributed by atoms with Crippen LogP contribution in [-0.2, 0) is 9.53 Å². The first-order chi connectivity index (χ1) is 8.45. The zero-order valence-corrected chi connectivity index (χ0v) is 9.97. The molecule has 5 nitrogen and oxygen atoms in total. The topological polar surface area (TPSA) is 80.7 Å². The van der Waals surface area contributed by atoms with Gasteiger partial charge >= 0.3 is 17.9 Å². The SMILES string of the molecule is CC=C(C)C(=O)OC(=O)c1ccc(C(=O)O)cc1. The molecule has 0 aromatic heterocycles. The molecule has 0 amide bonds. The Kier molecular flexibility index (Phi) is 4.37. The van der Waals surface area contributed by atoms with Gasteiger partial charge in [0.25, 0.3) is 0 Å². The predicted octanol–water partition coefficient (Wildman–Crippen LogP) is 2.03. The molecule has 0 heterocycles. The smallest absolute Gasteiger partial charge is 0.346 e. The Morgan fingerprint density at radius 1 is 1.11 bits per heavy atom. The van der Waals surface area contributed by atoms with Crippen molar-refractivity contribution in [2.45, 2.75) is 13.8 Å². The summed E-state index contributed by atoms with van der Waals surface area (Å²) >= 11 is 0. The lowest BCUT2D eigenvalue weighted by Gasteiger charge is -2.03. The third-order valence-corrected chi connectivity index (χ3v) is 2.31. The summed E-state index contributed by atoms with van der Waals surface area (Å²) in [7, 11) is 0. The number of carbonyl (C=O) groups is 3. The molecule has 0 atom stereocenters. The third kappa shape index (κ3) is 3.28. The van der Waals surface area contributed by atoms with Gasteiger partial charge in [-0.3, -0.25) is 0 Å². The Hall–Kier alpha value is -2.43. The van der Waals surface area contributed by atoms with Crippen molar-refractivity contribution >= 4 is 17.9 Å². The Bertz CT molecular complexity index is 511. The maximum Gasteiger partial charge on any atom is 0.346 e. The lowest BCUT2D eigenvalue weighted by molar-refractivity contribution is -0.133. The molecule has 1 N–H and O–H groups in total. The fourth-order valence-corrected chi connectivity index (χ4v) is 1.09. The first-order valence-electron chi connectivity index (χ1n) is 5.18. The van der Waals surface area contributed by atoms with E-state index in [2.05, 4.69) is 4.74 Å². The molecule has 0 saturated heterocycles. The molecule has 0 bridgehead atoms. The number of hydrogen-bond donors (Lipinski definition) is 1. The Morgan fingerprint density at radius 2 is 1.61 bits per heavy atom. The van der Waals surface area contributed by atoms with E-state index in [1.54, 1.807) is 6.92 Å². The number of aromatic carboxylic acids is 1. The molecule has 0 spiro atoms. The molecule has 0 fully saturated rings. The van der Waals surface area contributed by atoms with E-state index in [1.807, 2.05) is 0 Å². The van der Waals surface area contributed by atoms with Crippen LogP contribution in [0.1, 0.15) is 34.6 Å². The van der Waals surface area contributed by atoms with Crippen molar-refractivity contribution < 1.29 is 24.2 Å². The van der Waals surface area contributed by atoms with Crippen LogP contribution in [0.2, 0.25) is 0 Å². The highest BCUT2D eigenvalue weighted by atomic mass is 16.6. The fourth-order valence-electron chi connectivity index (χ4n) is 1.09. The van der Waals surface area contributed by atoms with Gasteiger partial charge in [0, 0.05) is 5.57 Å². The van der Waals surface area contributed by atoms with Crippen molar-refractivity contribution in [3.63, 3.8) is 0 Å². The Morgan fingerprint density at radius 3 is 2.06 bits per heavy atom. The van der Waals surface area contributed by atoms with Crippen LogP contribution < -0.4 is 0 Å². The van der Waals surface area contributed by atoms with E-state index in [0.29, 0.717) is 5.57 Å². The number of benzene rings is 1. The largest absolute Gasteiger partial charge is 0.478 e. The highest BCUT2D eigenvalue weighted by Gasteiger charge is 2.14. The van der Waals surface area contributed by atoms with E-state index < -0.39 is 17.9 Å². The minimum atomic E-state index is -1.09. The molecule has 0 aliphatic rings. The summed E-state index contributed by atoms with van der Waals surface area (Å²) in [6.07, 6.45) is 1.53. The summed E-state index contributed by atoms with van der Waals surface area (Å²) in [5, 5.41) is 8.69. The van der Waals surface area contributed by atoms with Gasteiger partial charge in [-0.1, -0.05) is 6.08 Å². The number of carbonyl (C=O) groups excluding carboxylic acids is 2. The predicted molar refractivity (Wildman–Crippen MR) is 63.3 cm³/mol. The fraction of sp³-hybridized carbons (Fsp3) is 0.154. The second-order valence-corrected chi connectivity index (χ2v) is 3.53. The molecule has 0 unspecified atom stereocenters.